The summed E-state index contributed by atoms with van der Waals surface area (Å²) in [4.78, 5) is 11.2. The number of carbonyl (C=O) groups is 1. The summed E-state index contributed by atoms with van der Waals surface area (Å²) >= 11 is 0. The number of phosphoric acid groups is 1. The first-order valence-electron chi connectivity index (χ1n) is 6.58. The third-order valence-electron chi connectivity index (χ3n) is 2.98. The van der Waals surface area contributed by atoms with Crippen molar-refractivity contribution in [1.82, 2.24) is 0 Å². The highest BCUT2D eigenvalue weighted by molar-refractivity contribution is 7.48. The fourth-order valence-corrected chi connectivity index (χ4v) is 3.46. The highest BCUT2D eigenvalue weighted by Gasteiger charge is 2.34. The first-order chi connectivity index (χ1) is 8.47. The van der Waals surface area contributed by atoms with E-state index in [9.17, 15) is 9.36 Å². The predicted molar refractivity (Wildman–Crippen MR) is 68.4 cm³/mol. The zero-order chi connectivity index (χ0) is 13.6. The number of rotatable bonds is 7. The Bertz CT molecular complexity index is 312. The molecule has 0 aromatic heterocycles. The average molecular weight is 278 g/mol. The summed E-state index contributed by atoms with van der Waals surface area (Å²) in [5.74, 6) is -0.192. The molecule has 0 aliphatic heterocycles. The summed E-state index contributed by atoms with van der Waals surface area (Å²) in [7, 11) is -3.62. The Balaban J connectivity index is 2.60. The second kappa shape index (κ2) is 7.39. The number of ketones is 1. The first-order valence-corrected chi connectivity index (χ1v) is 8.04. The van der Waals surface area contributed by atoms with E-state index < -0.39 is 13.9 Å². The standard InChI is InChI=1S/C12H23O5P/c1-4-15-18(14,16-11(3)10(2)13)17-12-8-6-5-7-9-12/h11-12H,4-9H2,1-3H3. The maximum atomic E-state index is 12.4. The third kappa shape index (κ3) is 5.19. The van der Waals surface area contributed by atoms with E-state index in [-0.39, 0.29) is 18.5 Å². The van der Waals surface area contributed by atoms with Crippen LogP contribution in [0.2, 0.25) is 0 Å². The van der Waals surface area contributed by atoms with Crippen LogP contribution in [0.3, 0.4) is 0 Å². The van der Waals surface area contributed by atoms with Crippen LogP contribution in [0, 0.1) is 0 Å². The summed E-state index contributed by atoms with van der Waals surface area (Å²) < 4.78 is 28.2. The van der Waals surface area contributed by atoms with Gasteiger partial charge in [0, 0.05) is 0 Å². The van der Waals surface area contributed by atoms with Gasteiger partial charge in [-0.05, 0) is 33.6 Å². The summed E-state index contributed by atoms with van der Waals surface area (Å²) in [6.07, 6.45) is 4.20. The Labute approximate surface area is 109 Å². The minimum absolute atomic E-state index is 0.0877. The van der Waals surface area contributed by atoms with Gasteiger partial charge in [-0.3, -0.25) is 18.4 Å². The zero-order valence-corrected chi connectivity index (χ0v) is 12.3. The Morgan fingerprint density at radius 3 is 2.44 bits per heavy atom. The second-order valence-electron chi connectivity index (χ2n) is 4.59. The Morgan fingerprint density at radius 1 is 1.33 bits per heavy atom. The fraction of sp³-hybridized carbons (Fsp3) is 0.917. The molecule has 5 nitrogen and oxygen atoms in total. The van der Waals surface area contributed by atoms with E-state index in [0.717, 1.165) is 25.7 Å². The van der Waals surface area contributed by atoms with E-state index >= 15 is 0 Å². The van der Waals surface area contributed by atoms with Crippen molar-refractivity contribution in [3.63, 3.8) is 0 Å². The molecule has 2 atom stereocenters. The van der Waals surface area contributed by atoms with Gasteiger partial charge in [0.05, 0.1) is 12.7 Å². The van der Waals surface area contributed by atoms with Crippen molar-refractivity contribution in [1.29, 1.82) is 0 Å². The molecule has 0 bridgehead atoms. The van der Waals surface area contributed by atoms with Crippen LogP contribution < -0.4 is 0 Å². The summed E-state index contributed by atoms with van der Waals surface area (Å²) in [6.45, 7) is 4.90. The largest absolute Gasteiger partial charge is 0.475 e. The second-order valence-corrected chi connectivity index (χ2v) is 6.16. The van der Waals surface area contributed by atoms with Crippen LogP contribution in [0.5, 0.6) is 0 Å². The molecule has 1 saturated carbocycles. The predicted octanol–water partition coefficient (Wildman–Crippen LogP) is 3.47. The van der Waals surface area contributed by atoms with E-state index in [1.165, 1.54) is 13.3 Å². The van der Waals surface area contributed by atoms with E-state index in [1.807, 2.05) is 0 Å². The fourth-order valence-electron chi connectivity index (χ4n) is 1.86. The molecule has 0 aromatic rings. The molecule has 0 amide bonds. The van der Waals surface area contributed by atoms with Gasteiger partial charge in [-0.15, -0.1) is 0 Å². The lowest BCUT2D eigenvalue weighted by Crippen LogP contribution is -2.21. The average Bonchev–Trinajstić information content (AvgIpc) is 2.29. The topological polar surface area (TPSA) is 61.8 Å². The minimum Gasteiger partial charge on any atom is -0.297 e. The van der Waals surface area contributed by atoms with Crippen molar-refractivity contribution in [3.05, 3.63) is 0 Å². The highest BCUT2D eigenvalue weighted by Crippen LogP contribution is 2.53. The number of hydrogen-bond donors (Lipinski definition) is 0. The van der Waals surface area contributed by atoms with Gasteiger partial charge in [0.15, 0.2) is 5.78 Å². The van der Waals surface area contributed by atoms with Gasteiger partial charge in [0.25, 0.3) is 0 Å². The van der Waals surface area contributed by atoms with Crippen molar-refractivity contribution in [2.75, 3.05) is 6.61 Å². The molecule has 0 aromatic carbocycles. The van der Waals surface area contributed by atoms with E-state index in [0.29, 0.717) is 0 Å². The number of Topliss-reactive ketones (excluding diaryl/α,β-unsaturated/α-hetero) is 1. The monoisotopic (exact) mass is 278 g/mol. The van der Waals surface area contributed by atoms with Crippen LogP contribution in [0.25, 0.3) is 0 Å². The molecular formula is C12H23O5P. The van der Waals surface area contributed by atoms with Crippen molar-refractivity contribution in [2.45, 2.75) is 65.1 Å². The van der Waals surface area contributed by atoms with Crippen molar-refractivity contribution < 1.29 is 22.9 Å². The van der Waals surface area contributed by atoms with Crippen LogP contribution >= 0.6 is 7.82 Å². The molecular weight excluding hydrogens is 255 g/mol. The smallest absolute Gasteiger partial charge is 0.297 e. The van der Waals surface area contributed by atoms with Gasteiger partial charge in [-0.2, -0.15) is 0 Å². The quantitative estimate of drug-likeness (QED) is 0.667. The van der Waals surface area contributed by atoms with E-state index in [2.05, 4.69) is 0 Å². The van der Waals surface area contributed by atoms with E-state index in [1.54, 1.807) is 13.8 Å². The SMILES string of the molecule is CCOP(=O)(OC1CCCCC1)OC(C)C(C)=O. The molecule has 2 unspecified atom stereocenters. The van der Waals surface area contributed by atoms with Crippen LogP contribution in [0.4, 0.5) is 0 Å². The molecule has 1 fully saturated rings. The summed E-state index contributed by atoms with van der Waals surface area (Å²) in [5, 5.41) is 0. The molecule has 1 aliphatic rings. The minimum atomic E-state index is -3.62. The van der Waals surface area contributed by atoms with Crippen LogP contribution in [-0.2, 0) is 22.9 Å². The molecule has 0 N–H and O–H groups in total. The lowest BCUT2D eigenvalue weighted by molar-refractivity contribution is -0.124. The Morgan fingerprint density at radius 2 is 1.94 bits per heavy atom. The molecule has 106 valence electrons. The molecule has 1 aliphatic carbocycles. The highest BCUT2D eigenvalue weighted by atomic mass is 31.2. The lowest BCUT2D eigenvalue weighted by Gasteiger charge is -2.27. The van der Waals surface area contributed by atoms with E-state index in [4.69, 9.17) is 13.6 Å². The van der Waals surface area contributed by atoms with Crippen molar-refractivity contribution in [3.8, 4) is 0 Å². The van der Waals surface area contributed by atoms with Crippen LogP contribution in [-0.4, -0.2) is 24.6 Å². The normalized spacial score (nSPS) is 22.4. The maximum Gasteiger partial charge on any atom is 0.475 e. The third-order valence-corrected chi connectivity index (χ3v) is 4.68. The number of carbonyl (C=O) groups excluding carboxylic acids is 1. The number of phosphoric ester groups is 1. The molecule has 18 heavy (non-hydrogen) atoms. The summed E-state index contributed by atoms with van der Waals surface area (Å²) in [6, 6.07) is 0. The maximum absolute atomic E-state index is 12.4. The molecule has 6 heteroatoms. The van der Waals surface area contributed by atoms with Gasteiger partial charge < -0.3 is 0 Å². The van der Waals surface area contributed by atoms with Gasteiger partial charge in [0.1, 0.15) is 6.10 Å². The molecule has 1 rings (SSSR count). The van der Waals surface area contributed by atoms with Crippen LogP contribution in [0.15, 0.2) is 0 Å². The summed E-state index contributed by atoms with van der Waals surface area (Å²) in [5.41, 5.74) is 0. The molecule has 0 heterocycles. The van der Waals surface area contributed by atoms with Gasteiger partial charge >= 0.3 is 7.82 Å². The number of hydrogen-bond acceptors (Lipinski definition) is 5. The first kappa shape index (κ1) is 15.8. The Hall–Kier alpha value is -0.220. The van der Waals surface area contributed by atoms with Gasteiger partial charge in [-0.25, -0.2) is 4.57 Å². The zero-order valence-electron chi connectivity index (χ0n) is 11.4. The Kier molecular flexibility index (Phi) is 6.50. The van der Waals surface area contributed by atoms with Gasteiger partial charge in [-0.1, -0.05) is 19.3 Å². The lowest BCUT2D eigenvalue weighted by atomic mass is 9.98. The van der Waals surface area contributed by atoms with Crippen molar-refractivity contribution >= 4 is 13.6 Å². The van der Waals surface area contributed by atoms with Crippen LogP contribution in [0.1, 0.15) is 52.9 Å². The van der Waals surface area contributed by atoms with Crippen molar-refractivity contribution in [2.24, 2.45) is 0 Å². The molecule has 0 saturated heterocycles. The van der Waals surface area contributed by atoms with Gasteiger partial charge in [0.2, 0.25) is 0 Å². The molecule has 0 spiro atoms. The molecule has 0 radical (unpaired) electrons.